The third-order valence-electron chi connectivity index (χ3n) is 3.16. The molecule has 6 heteroatoms. The van der Waals surface area contributed by atoms with Gasteiger partial charge in [0.05, 0.1) is 5.69 Å². The fourth-order valence-electron chi connectivity index (χ4n) is 1.87. The van der Waals surface area contributed by atoms with E-state index in [1.165, 1.54) is 12.3 Å². The number of anilines is 1. The zero-order valence-corrected chi connectivity index (χ0v) is 12.4. The third kappa shape index (κ3) is 4.80. The zero-order chi connectivity index (χ0) is 14.3. The van der Waals surface area contributed by atoms with Crippen LogP contribution < -0.4 is 10.5 Å². The van der Waals surface area contributed by atoms with E-state index in [4.69, 9.17) is 5.73 Å². The van der Waals surface area contributed by atoms with Gasteiger partial charge >= 0.3 is 0 Å². The molecular formula is C13H23N3O2S. The van der Waals surface area contributed by atoms with E-state index in [1.807, 2.05) is 0 Å². The van der Waals surface area contributed by atoms with Gasteiger partial charge < -0.3 is 5.73 Å². The number of nitrogen functional groups attached to an aromatic ring is 1. The number of hydrogen-bond acceptors (Lipinski definition) is 4. The van der Waals surface area contributed by atoms with Crippen molar-refractivity contribution in [3.05, 3.63) is 18.3 Å². The molecule has 0 saturated heterocycles. The highest BCUT2D eigenvalue weighted by molar-refractivity contribution is 7.89. The van der Waals surface area contributed by atoms with Crippen molar-refractivity contribution in [2.75, 3.05) is 12.3 Å². The number of nitrogens with one attached hydrogen (secondary N) is 1. The lowest BCUT2D eigenvalue weighted by Crippen LogP contribution is -2.30. The maximum Gasteiger partial charge on any atom is 0.260 e. The van der Waals surface area contributed by atoms with Crippen LogP contribution in [0.5, 0.6) is 0 Å². The topological polar surface area (TPSA) is 85.1 Å². The fourth-order valence-corrected chi connectivity index (χ4v) is 3.04. The van der Waals surface area contributed by atoms with Crippen molar-refractivity contribution >= 4 is 15.7 Å². The fraction of sp³-hybridized carbons (Fsp3) is 0.615. The van der Waals surface area contributed by atoms with E-state index in [2.05, 4.69) is 23.6 Å². The molecular weight excluding hydrogens is 262 g/mol. The summed E-state index contributed by atoms with van der Waals surface area (Å²) in [6.45, 7) is 4.64. The molecule has 108 valence electrons. The van der Waals surface area contributed by atoms with Gasteiger partial charge in [-0.2, -0.15) is 0 Å². The Labute approximate surface area is 115 Å². The summed E-state index contributed by atoms with van der Waals surface area (Å²) >= 11 is 0. The van der Waals surface area contributed by atoms with Gasteiger partial charge in [-0.15, -0.1) is 0 Å². The third-order valence-corrected chi connectivity index (χ3v) is 4.56. The first kappa shape index (κ1) is 15.9. The number of unbranched alkanes of at least 4 members (excludes halogenated alkanes) is 1. The number of hydrogen-bond donors (Lipinski definition) is 2. The smallest absolute Gasteiger partial charge is 0.260 e. The molecule has 0 saturated carbocycles. The molecule has 1 unspecified atom stereocenters. The van der Waals surface area contributed by atoms with Crippen LogP contribution in [0.25, 0.3) is 0 Å². The van der Waals surface area contributed by atoms with Crippen molar-refractivity contribution in [1.29, 1.82) is 0 Å². The van der Waals surface area contributed by atoms with Crippen LogP contribution in [0.4, 0.5) is 5.69 Å². The highest BCUT2D eigenvalue weighted by Gasteiger charge is 2.19. The quantitative estimate of drug-likeness (QED) is 0.766. The van der Waals surface area contributed by atoms with Gasteiger partial charge in [0.2, 0.25) is 0 Å². The Morgan fingerprint density at radius 2 is 2.16 bits per heavy atom. The molecule has 19 heavy (non-hydrogen) atoms. The molecule has 0 aliphatic carbocycles. The summed E-state index contributed by atoms with van der Waals surface area (Å²) in [7, 11) is -3.61. The van der Waals surface area contributed by atoms with E-state index in [0.717, 1.165) is 25.7 Å². The monoisotopic (exact) mass is 285 g/mol. The second-order valence-corrected chi connectivity index (χ2v) is 6.35. The Kier molecular flexibility index (Phi) is 6.24. The van der Waals surface area contributed by atoms with Crippen molar-refractivity contribution in [2.45, 2.75) is 44.6 Å². The van der Waals surface area contributed by atoms with E-state index in [-0.39, 0.29) is 10.7 Å². The Morgan fingerprint density at radius 3 is 2.74 bits per heavy atom. The lowest BCUT2D eigenvalue weighted by molar-refractivity contribution is 0.443. The molecule has 0 aromatic carbocycles. The van der Waals surface area contributed by atoms with E-state index >= 15 is 0 Å². The minimum atomic E-state index is -3.61. The number of aromatic nitrogens is 1. The molecule has 1 aromatic heterocycles. The summed E-state index contributed by atoms with van der Waals surface area (Å²) in [5.74, 6) is 0.361. The van der Waals surface area contributed by atoms with Crippen LogP contribution >= 0.6 is 0 Å². The standard InChI is InChI=1S/C13H23N3O2S/c1-3-5-7-11(4-2)10-16-19(17,18)13-12(14)8-6-9-15-13/h6,8-9,11,16H,3-5,7,10,14H2,1-2H3. The first-order valence-corrected chi connectivity index (χ1v) is 8.19. The van der Waals surface area contributed by atoms with Crippen LogP contribution in [0.2, 0.25) is 0 Å². The van der Waals surface area contributed by atoms with Gasteiger partial charge in [-0.05, 0) is 24.5 Å². The average Bonchev–Trinajstić information content (AvgIpc) is 2.39. The zero-order valence-electron chi connectivity index (χ0n) is 11.6. The lowest BCUT2D eigenvalue weighted by Gasteiger charge is -2.15. The second-order valence-electron chi connectivity index (χ2n) is 4.67. The summed E-state index contributed by atoms with van der Waals surface area (Å²) in [6, 6.07) is 3.15. The van der Waals surface area contributed by atoms with E-state index in [9.17, 15) is 8.42 Å². The average molecular weight is 285 g/mol. The minimum absolute atomic E-state index is 0.0830. The van der Waals surface area contributed by atoms with Crippen LogP contribution in [-0.4, -0.2) is 19.9 Å². The van der Waals surface area contributed by atoms with Gasteiger partial charge in [0.1, 0.15) is 0 Å². The van der Waals surface area contributed by atoms with Gasteiger partial charge in [0.25, 0.3) is 10.0 Å². The lowest BCUT2D eigenvalue weighted by atomic mass is 10.00. The van der Waals surface area contributed by atoms with Gasteiger partial charge in [-0.1, -0.05) is 33.1 Å². The Balaban J connectivity index is 2.67. The van der Waals surface area contributed by atoms with Crippen molar-refractivity contribution in [2.24, 2.45) is 5.92 Å². The maximum absolute atomic E-state index is 12.1. The molecule has 0 aliphatic heterocycles. The number of rotatable bonds is 8. The van der Waals surface area contributed by atoms with Gasteiger partial charge in [0.15, 0.2) is 5.03 Å². The summed E-state index contributed by atoms with van der Waals surface area (Å²) < 4.78 is 26.8. The predicted octanol–water partition coefficient (Wildman–Crippen LogP) is 2.16. The van der Waals surface area contributed by atoms with Gasteiger partial charge in [0, 0.05) is 12.7 Å². The van der Waals surface area contributed by atoms with Crippen molar-refractivity contribution in [1.82, 2.24) is 9.71 Å². The molecule has 5 nitrogen and oxygen atoms in total. The molecule has 1 rings (SSSR count). The molecule has 1 heterocycles. The van der Waals surface area contributed by atoms with E-state index in [1.54, 1.807) is 6.07 Å². The first-order valence-electron chi connectivity index (χ1n) is 6.71. The predicted molar refractivity (Wildman–Crippen MR) is 77.1 cm³/mol. The highest BCUT2D eigenvalue weighted by Crippen LogP contribution is 2.16. The molecule has 0 radical (unpaired) electrons. The minimum Gasteiger partial charge on any atom is -0.396 e. The summed E-state index contributed by atoms with van der Waals surface area (Å²) in [6.07, 6.45) is 5.66. The number of nitrogens with zero attached hydrogens (tertiary/aromatic N) is 1. The van der Waals surface area contributed by atoms with Crippen LogP contribution in [0.3, 0.4) is 0 Å². The highest BCUT2D eigenvalue weighted by atomic mass is 32.2. The van der Waals surface area contributed by atoms with Gasteiger partial charge in [-0.25, -0.2) is 18.1 Å². The largest absolute Gasteiger partial charge is 0.396 e. The molecule has 0 aliphatic rings. The molecule has 1 aromatic rings. The second kappa shape index (κ2) is 7.45. The first-order chi connectivity index (χ1) is 9.01. The number of nitrogens with two attached hydrogens (primary N) is 1. The van der Waals surface area contributed by atoms with Crippen LogP contribution in [0.1, 0.15) is 39.5 Å². The molecule has 0 spiro atoms. The van der Waals surface area contributed by atoms with Crippen molar-refractivity contribution in [3.63, 3.8) is 0 Å². The van der Waals surface area contributed by atoms with Crippen molar-refractivity contribution in [3.8, 4) is 0 Å². The number of sulfonamides is 1. The Morgan fingerprint density at radius 1 is 1.42 bits per heavy atom. The van der Waals surface area contributed by atoms with Gasteiger partial charge in [-0.3, -0.25) is 0 Å². The van der Waals surface area contributed by atoms with E-state index < -0.39 is 10.0 Å². The van der Waals surface area contributed by atoms with Crippen LogP contribution in [0, 0.1) is 5.92 Å². The molecule has 0 amide bonds. The molecule has 0 fully saturated rings. The Hall–Kier alpha value is -1.14. The summed E-state index contributed by atoms with van der Waals surface area (Å²) in [4.78, 5) is 3.84. The van der Waals surface area contributed by atoms with Crippen LogP contribution in [-0.2, 0) is 10.0 Å². The SMILES string of the molecule is CCCCC(CC)CNS(=O)(=O)c1ncccc1N. The molecule has 0 bridgehead atoms. The van der Waals surface area contributed by atoms with Crippen molar-refractivity contribution < 1.29 is 8.42 Å². The Bertz CT molecular complexity index is 488. The summed E-state index contributed by atoms with van der Waals surface area (Å²) in [5, 5.41) is -0.0830. The van der Waals surface area contributed by atoms with E-state index in [0.29, 0.717) is 12.5 Å². The summed E-state index contributed by atoms with van der Waals surface area (Å²) in [5.41, 5.74) is 5.82. The van der Waals surface area contributed by atoms with Crippen LogP contribution in [0.15, 0.2) is 23.4 Å². The molecule has 1 atom stereocenters. The molecule has 3 N–H and O–H groups in total. The normalized spacial score (nSPS) is 13.4. The number of pyridine rings is 1. The maximum atomic E-state index is 12.1.